The van der Waals surface area contributed by atoms with Crippen molar-refractivity contribution in [2.24, 2.45) is 0 Å². The third-order valence-electron chi connectivity index (χ3n) is 5.39. The predicted molar refractivity (Wildman–Crippen MR) is 131 cm³/mol. The van der Waals surface area contributed by atoms with E-state index in [4.69, 9.17) is 5.26 Å². The van der Waals surface area contributed by atoms with Crippen molar-refractivity contribution >= 4 is 23.1 Å². The standard InChI is InChI=1S/C26H27N7/c1-17(2)25-28-11-12-33(25)16-21-13-18(3)24(19(4)14-21)31-23-9-10-29-26(32-23)30-22-7-5-20(15-27)6-8-22/h5-14,17H,16H2,1-4H3,(H2,29,30,31,32). The van der Waals surface area contributed by atoms with Crippen molar-refractivity contribution in [1.82, 2.24) is 19.5 Å². The molecule has 0 spiro atoms. The first-order chi connectivity index (χ1) is 15.9. The number of nitriles is 1. The molecule has 4 rings (SSSR count). The van der Waals surface area contributed by atoms with Gasteiger partial charge in [0.15, 0.2) is 0 Å². The number of rotatable bonds is 7. The molecule has 0 aliphatic heterocycles. The largest absolute Gasteiger partial charge is 0.340 e. The van der Waals surface area contributed by atoms with Gasteiger partial charge in [0.2, 0.25) is 5.95 Å². The van der Waals surface area contributed by atoms with E-state index in [1.54, 1.807) is 18.3 Å². The molecule has 2 heterocycles. The minimum absolute atomic E-state index is 0.382. The molecule has 0 aliphatic carbocycles. The van der Waals surface area contributed by atoms with Crippen molar-refractivity contribution < 1.29 is 0 Å². The van der Waals surface area contributed by atoms with Crippen LogP contribution < -0.4 is 10.6 Å². The Morgan fingerprint density at radius 3 is 2.36 bits per heavy atom. The molecule has 33 heavy (non-hydrogen) atoms. The number of hydrogen-bond donors (Lipinski definition) is 2. The Balaban J connectivity index is 1.51. The minimum Gasteiger partial charge on any atom is -0.340 e. The zero-order valence-corrected chi connectivity index (χ0v) is 19.3. The van der Waals surface area contributed by atoms with Crippen LogP contribution in [0.5, 0.6) is 0 Å². The number of nitrogens with zero attached hydrogens (tertiary/aromatic N) is 5. The summed E-state index contributed by atoms with van der Waals surface area (Å²) in [6.07, 6.45) is 5.62. The van der Waals surface area contributed by atoms with Gasteiger partial charge in [-0.2, -0.15) is 10.2 Å². The van der Waals surface area contributed by atoms with Crippen molar-refractivity contribution in [1.29, 1.82) is 5.26 Å². The smallest absolute Gasteiger partial charge is 0.229 e. The second-order valence-electron chi connectivity index (χ2n) is 8.38. The maximum atomic E-state index is 8.95. The Morgan fingerprint density at radius 1 is 0.970 bits per heavy atom. The average molecular weight is 438 g/mol. The summed E-state index contributed by atoms with van der Waals surface area (Å²) in [7, 11) is 0. The summed E-state index contributed by atoms with van der Waals surface area (Å²) in [6.45, 7) is 9.32. The van der Waals surface area contributed by atoms with Crippen LogP contribution >= 0.6 is 0 Å². The van der Waals surface area contributed by atoms with Gasteiger partial charge in [0.1, 0.15) is 11.6 Å². The molecular formula is C26H27N7. The third-order valence-corrected chi connectivity index (χ3v) is 5.39. The molecule has 0 fully saturated rings. The SMILES string of the molecule is Cc1cc(Cn2ccnc2C(C)C)cc(C)c1Nc1ccnc(Nc2ccc(C#N)cc2)n1. The fourth-order valence-electron chi connectivity index (χ4n) is 3.87. The van der Waals surface area contributed by atoms with Crippen molar-refractivity contribution in [3.05, 3.63) is 89.1 Å². The summed E-state index contributed by atoms with van der Waals surface area (Å²) in [5.74, 6) is 2.67. The van der Waals surface area contributed by atoms with E-state index in [2.05, 4.69) is 76.0 Å². The first-order valence-corrected chi connectivity index (χ1v) is 10.9. The number of anilines is 4. The highest BCUT2D eigenvalue weighted by molar-refractivity contribution is 5.66. The van der Waals surface area contributed by atoms with Crippen LogP contribution in [-0.4, -0.2) is 19.5 Å². The van der Waals surface area contributed by atoms with Gasteiger partial charge in [-0.1, -0.05) is 26.0 Å². The van der Waals surface area contributed by atoms with E-state index < -0.39 is 0 Å². The highest BCUT2D eigenvalue weighted by Gasteiger charge is 2.11. The molecule has 2 N–H and O–H groups in total. The summed E-state index contributed by atoms with van der Waals surface area (Å²) in [6, 6.07) is 15.5. The first-order valence-electron chi connectivity index (χ1n) is 10.9. The van der Waals surface area contributed by atoms with Gasteiger partial charge in [-0.25, -0.2) is 9.97 Å². The molecule has 0 saturated heterocycles. The van der Waals surface area contributed by atoms with Gasteiger partial charge in [0.05, 0.1) is 11.6 Å². The van der Waals surface area contributed by atoms with Gasteiger partial charge < -0.3 is 15.2 Å². The van der Waals surface area contributed by atoms with Gasteiger partial charge in [-0.15, -0.1) is 0 Å². The Hall–Kier alpha value is -4.18. The van der Waals surface area contributed by atoms with Gasteiger partial charge in [-0.05, 0) is 60.9 Å². The quantitative estimate of drug-likeness (QED) is 0.378. The molecule has 2 aromatic heterocycles. The number of aromatic nitrogens is 4. The molecule has 2 aromatic carbocycles. The molecule has 0 saturated carbocycles. The lowest BCUT2D eigenvalue weighted by atomic mass is 10.0. The number of aryl methyl sites for hydroxylation is 2. The molecule has 4 aromatic rings. The molecule has 0 atom stereocenters. The second kappa shape index (κ2) is 9.53. The Morgan fingerprint density at radius 2 is 1.70 bits per heavy atom. The molecular weight excluding hydrogens is 410 g/mol. The first kappa shape index (κ1) is 22.0. The lowest BCUT2D eigenvalue weighted by molar-refractivity contribution is 0.669. The van der Waals surface area contributed by atoms with E-state index in [1.807, 2.05) is 30.6 Å². The molecule has 166 valence electrons. The fourth-order valence-corrected chi connectivity index (χ4v) is 3.87. The summed E-state index contributed by atoms with van der Waals surface area (Å²) in [5.41, 5.74) is 6.01. The topological polar surface area (TPSA) is 91.5 Å². The number of hydrogen-bond acceptors (Lipinski definition) is 6. The van der Waals surface area contributed by atoms with Crippen LogP contribution in [0.1, 0.15) is 47.8 Å². The normalized spacial score (nSPS) is 10.8. The number of benzene rings is 2. The van der Waals surface area contributed by atoms with E-state index in [-0.39, 0.29) is 0 Å². The molecule has 0 aliphatic rings. The van der Waals surface area contributed by atoms with Crippen LogP contribution in [0.3, 0.4) is 0 Å². The van der Waals surface area contributed by atoms with E-state index in [1.165, 1.54) is 5.56 Å². The van der Waals surface area contributed by atoms with Crippen molar-refractivity contribution in [3.63, 3.8) is 0 Å². The highest BCUT2D eigenvalue weighted by Crippen LogP contribution is 2.27. The Bertz CT molecular complexity index is 1270. The molecule has 0 radical (unpaired) electrons. The van der Waals surface area contributed by atoms with Gasteiger partial charge in [0, 0.05) is 42.4 Å². The molecule has 7 heteroatoms. The maximum absolute atomic E-state index is 8.95. The van der Waals surface area contributed by atoms with Crippen LogP contribution in [0.25, 0.3) is 0 Å². The van der Waals surface area contributed by atoms with Crippen LogP contribution in [-0.2, 0) is 6.54 Å². The van der Waals surface area contributed by atoms with Crippen LogP contribution in [0.4, 0.5) is 23.1 Å². The molecule has 7 nitrogen and oxygen atoms in total. The zero-order valence-electron chi connectivity index (χ0n) is 19.3. The molecule has 0 amide bonds. The van der Waals surface area contributed by atoms with Crippen LogP contribution in [0, 0.1) is 25.2 Å². The summed E-state index contributed by atoms with van der Waals surface area (Å²) in [4.78, 5) is 13.4. The average Bonchev–Trinajstić information content (AvgIpc) is 3.25. The minimum atomic E-state index is 0.382. The summed E-state index contributed by atoms with van der Waals surface area (Å²) >= 11 is 0. The predicted octanol–water partition coefficient (Wildman–Crippen LogP) is 5.82. The van der Waals surface area contributed by atoms with E-state index in [9.17, 15) is 0 Å². The van der Waals surface area contributed by atoms with E-state index in [0.717, 1.165) is 34.9 Å². The van der Waals surface area contributed by atoms with Crippen LogP contribution in [0.2, 0.25) is 0 Å². The van der Waals surface area contributed by atoms with E-state index in [0.29, 0.717) is 23.2 Å². The van der Waals surface area contributed by atoms with Gasteiger partial charge in [0.25, 0.3) is 0 Å². The lowest BCUT2D eigenvalue weighted by Gasteiger charge is -2.16. The van der Waals surface area contributed by atoms with Gasteiger partial charge >= 0.3 is 0 Å². The number of nitrogens with one attached hydrogen (secondary N) is 2. The van der Waals surface area contributed by atoms with Gasteiger partial charge in [-0.3, -0.25) is 0 Å². The van der Waals surface area contributed by atoms with Crippen LogP contribution in [0.15, 0.2) is 61.1 Å². The van der Waals surface area contributed by atoms with E-state index >= 15 is 0 Å². The molecule has 0 bridgehead atoms. The molecule has 0 unspecified atom stereocenters. The zero-order chi connectivity index (χ0) is 23.4. The van der Waals surface area contributed by atoms with Crippen molar-refractivity contribution in [2.75, 3.05) is 10.6 Å². The second-order valence-corrected chi connectivity index (χ2v) is 8.38. The summed E-state index contributed by atoms with van der Waals surface area (Å²) < 4.78 is 2.21. The fraction of sp³-hybridized carbons (Fsp3) is 0.231. The Kier molecular flexibility index (Phi) is 6.36. The monoisotopic (exact) mass is 437 g/mol. The van der Waals surface area contributed by atoms with Crippen molar-refractivity contribution in [3.8, 4) is 6.07 Å². The lowest BCUT2D eigenvalue weighted by Crippen LogP contribution is -2.07. The maximum Gasteiger partial charge on any atom is 0.229 e. The Labute approximate surface area is 194 Å². The highest BCUT2D eigenvalue weighted by atomic mass is 15.1. The third kappa shape index (κ3) is 5.18. The number of imidazole rings is 1. The van der Waals surface area contributed by atoms with Crippen molar-refractivity contribution in [2.45, 2.75) is 40.2 Å². The summed E-state index contributed by atoms with van der Waals surface area (Å²) in [5, 5.41) is 15.6.